The van der Waals surface area contributed by atoms with E-state index in [-0.39, 0.29) is 29.8 Å². The second kappa shape index (κ2) is 5.93. The van der Waals surface area contributed by atoms with Crippen molar-refractivity contribution in [1.29, 1.82) is 0 Å². The van der Waals surface area contributed by atoms with Crippen LogP contribution in [0.15, 0.2) is 0 Å². The third kappa shape index (κ3) is 2.77. The number of nitrogens with one attached hydrogen (secondary N) is 1. The van der Waals surface area contributed by atoms with Crippen molar-refractivity contribution in [2.24, 2.45) is 11.8 Å². The molecule has 2 fully saturated rings. The van der Waals surface area contributed by atoms with Crippen molar-refractivity contribution in [2.45, 2.75) is 64.5 Å². The summed E-state index contributed by atoms with van der Waals surface area (Å²) >= 11 is 0. The molecule has 4 nitrogen and oxygen atoms in total. The molecule has 1 aliphatic carbocycles. The Kier molecular flexibility index (Phi) is 4.48. The van der Waals surface area contributed by atoms with Crippen LogP contribution >= 0.6 is 0 Å². The summed E-state index contributed by atoms with van der Waals surface area (Å²) in [5.41, 5.74) is 0. The maximum Gasteiger partial charge on any atom is 0.245 e. The number of rotatable bonds is 3. The van der Waals surface area contributed by atoms with Crippen molar-refractivity contribution < 1.29 is 9.59 Å². The van der Waals surface area contributed by atoms with E-state index in [1.807, 2.05) is 6.92 Å². The quantitative estimate of drug-likeness (QED) is 0.848. The molecule has 4 heteroatoms. The minimum Gasteiger partial charge on any atom is -0.342 e. The Hall–Kier alpha value is -1.06. The van der Waals surface area contributed by atoms with E-state index in [2.05, 4.69) is 12.2 Å². The van der Waals surface area contributed by atoms with E-state index in [9.17, 15) is 9.59 Å². The van der Waals surface area contributed by atoms with Crippen LogP contribution in [-0.4, -0.2) is 35.8 Å². The molecule has 0 bridgehead atoms. The van der Waals surface area contributed by atoms with E-state index in [4.69, 9.17) is 0 Å². The number of carbonyl (C=O) groups is 2. The van der Waals surface area contributed by atoms with E-state index in [0.29, 0.717) is 5.92 Å². The summed E-state index contributed by atoms with van der Waals surface area (Å²) in [4.78, 5) is 26.5. The van der Waals surface area contributed by atoms with Crippen LogP contribution in [-0.2, 0) is 9.59 Å². The van der Waals surface area contributed by atoms with Gasteiger partial charge in [-0.15, -0.1) is 0 Å². The van der Waals surface area contributed by atoms with Crippen LogP contribution in [0.2, 0.25) is 0 Å². The van der Waals surface area contributed by atoms with Gasteiger partial charge in [0, 0.05) is 7.05 Å². The lowest BCUT2D eigenvalue weighted by molar-refractivity contribution is -0.151. The Morgan fingerprint density at radius 3 is 2.47 bits per heavy atom. The normalized spacial score (nSPS) is 31.2. The Morgan fingerprint density at radius 2 is 1.89 bits per heavy atom. The molecule has 0 aromatic carbocycles. The Labute approximate surface area is 115 Å². The van der Waals surface area contributed by atoms with Crippen molar-refractivity contribution in [2.75, 3.05) is 7.05 Å². The molecule has 1 saturated carbocycles. The first-order valence-corrected chi connectivity index (χ1v) is 7.63. The van der Waals surface area contributed by atoms with Crippen LogP contribution in [0.4, 0.5) is 0 Å². The lowest BCUT2D eigenvalue weighted by Gasteiger charge is -2.42. The lowest BCUT2D eigenvalue weighted by atomic mass is 9.81. The minimum absolute atomic E-state index is 0.0343. The number of piperazine rings is 1. The number of carbonyl (C=O) groups excluding carboxylic acids is 2. The molecule has 1 saturated heterocycles. The van der Waals surface area contributed by atoms with Gasteiger partial charge in [0.2, 0.25) is 11.8 Å². The summed E-state index contributed by atoms with van der Waals surface area (Å²) < 4.78 is 0. The first kappa shape index (κ1) is 14.4. The topological polar surface area (TPSA) is 49.4 Å². The Morgan fingerprint density at radius 1 is 1.26 bits per heavy atom. The highest BCUT2D eigenvalue weighted by atomic mass is 16.2. The standard InChI is InChI=1S/C15H26N2O2/c1-4-10(2)13-14(18)16-12(15(19)17(13)3)11-8-6-5-7-9-11/h10-13H,4-9H2,1-3H3,(H,16,18). The molecule has 1 aliphatic heterocycles. The van der Waals surface area contributed by atoms with Gasteiger partial charge in [0.05, 0.1) is 0 Å². The molecule has 1 N–H and O–H groups in total. The first-order valence-electron chi connectivity index (χ1n) is 7.63. The van der Waals surface area contributed by atoms with Gasteiger partial charge in [-0.1, -0.05) is 39.5 Å². The number of hydrogen-bond donors (Lipinski definition) is 1. The average molecular weight is 266 g/mol. The van der Waals surface area contributed by atoms with Gasteiger partial charge >= 0.3 is 0 Å². The highest BCUT2D eigenvalue weighted by Gasteiger charge is 2.43. The van der Waals surface area contributed by atoms with Gasteiger partial charge < -0.3 is 10.2 Å². The van der Waals surface area contributed by atoms with Crippen LogP contribution in [0.3, 0.4) is 0 Å². The summed E-state index contributed by atoms with van der Waals surface area (Å²) in [6, 6.07) is -0.574. The van der Waals surface area contributed by atoms with Gasteiger partial charge in [0.1, 0.15) is 12.1 Å². The van der Waals surface area contributed by atoms with Crippen molar-refractivity contribution >= 4 is 11.8 Å². The third-order valence-corrected chi connectivity index (χ3v) is 4.90. The third-order valence-electron chi connectivity index (χ3n) is 4.90. The molecule has 0 aromatic rings. The molecular formula is C15H26N2O2. The van der Waals surface area contributed by atoms with E-state index < -0.39 is 0 Å². The lowest BCUT2D eigenvalue weighted by Crippen LogP contribution is -2.65. The smallest absolute Gasteiger partial charge is 0.245 e. The zero-order valence-electron chi connectivity index (χ0n) is 12.3. The number of nitrogens with zero attached hydrogens (tertiary/aromatic N) is 1. The minimum atomic E-state index is -0.294. The average Bonchev–Trinajstić information content (AvgIpc) is 2.43. The molecule has 3 unspecified atom stereocenters. The Balaban J connectivity index is 2.10. The summed E-state index contributed by atoms with van der Waals surface area (Å²) in [6.45, 7) is 4.10. The van der Waals surface area contributed by atoms with Gasteiger partial charge in [-0.25, -0.2) is 0 Å². The molecular weight excluding hydrogens is 240 g/mol. The molecule has 0 aromatic heterocycles. The van der Waals surface area contributed by atoms with Crippen LogP contribution in [0.1, 0.15) is 52.4 Å². The highest BCUT2D eigenvalue weighted by Crippen LogP contribution is 2.30. The molecule has 1 heterocycles. The van der Waals surface area contributed by atoms with Gasteiger partial charge in [-0.3, -0.25) is 9.59 Å². The summed E-state index contributed by atoms with van der Waals surface area (Å²) in [5, 5.41) is 3.00. The molecule has 2 amide bonds. The fraction of sp³-hybridized carbons (Fsp3) is 0.867. The number of amides is 2. The van der Waals surface area contributed by atoms with Gasteiger partial charge in [0.15, 0.2) is 0 Å². The second-order valence-electron chi connectivity index (χ2n) is 6.16. The SMILES string of the molecule is CCC(C)C1C(=O)NC(C2CCCCC2)C(=O)N1C. The fourth-order valence-corrected chi connectivity index (χ4v) is 3.48. The van der Waals surface area contributed by atoms with Crippen LogP contribution in [0.25, 0.3) is 0 Å². The largest absolute Gasteiger partial charge is 0.342 e. The molecule has 108 valence electrons. The van der Waals surface area contributed by atoms with E-state index in [1.54, 1.807) is 11.9 Å². The zero-order chi connectivity index (χ0) is 14.0. The summed E-state index contributed by atoms with van der Waals surface area (Å²) in [6.07, 6.45) is 6.67. The van der Waals surface area contributed by atoms with Crippen LogP contribution in [0, 0.1) is 11.8 Å². The second-order valence-corrected chi connectivity index (χ2v) is 6.16. The number of hydrogen-bond acceptors (Lipinski definition) is 2. The molecule has 0 spiro atoms. The number of likely N-dealkylation sites (N-methyl/N-ethyl adjacent to an activating group) is 1. The van der Waals surface area contributed by atoms with Crippen LogP contribution in [0.5, 0.6) is 0 Å². The Bertz CT molecular complexity index is 350. The summed E-state index contributed by atoms with van der Waals surface area (Å²) in [7, 11) is 1.79. The predicted octanol–water partition coefficient (Wildman–Crippen LogP) is 1.94. The van der Waals surface area contributed by atoms with Crippen molar-refractivity contribution in [3.8, 4) is 0 Å². The van der Waals surface area contributed by atoms with E-state index >= 15 is 0 Å². The maximum atomic E-state index is 12.5. The monoisotopic (exact) mass is 266 g/mol. The van der Waals surface area contributed by atoms with Crippen molar-refractivity contribution in [3.63, 3.8) is 0 Å². The molecule has 2 aliphatic rings. The summed E-state index contributed by atoms with van der Waals surface area (Å²) in [5.74, 6) is 0.690. The van der Waals surface area contributed by atoms with Crippen molar-refractivity contribution in [1.82, 2.24) is 10.2 Å². The van der Waals surface area contributed by atoms with Gasteiger partial charge in [0.25, 0.3) is 0 Å². The first-order chi connectivity index (χ1) is 9.06. The molecule has 0 radical (unpaired) electrons. The highest BCUT2D eigenvalue weighted by molar-refractivity contribution is 5.97. The molecule has 19 heavy (non-hydrogen) atoms. The van der Waals surface area contributed by atoms with Gasteiger partial charge in [-0.05, 0) is 24.7 Å². The van der Waals surface area contributed by atoms with Crippen molar-refractivity contribution in [3.05, 3.63) is 0 Å². The van der Waals surface area contributed by atoms with E-state index in [1.165, 1.54) is 19.3 Å². The van der Waals surface area contributed by atoms with Crippen LogP contribution < -0.4 is 5.32 Å². The molecule has 3 atom stereocenters. The fourth-order valence-electron chi connectivity index (χ4n) is 3.48. The van der Waals surface area contributed by atoms with E-state index in [0.717, 1.165) is 19.3 Å². The zero-order valence-corrected chi connectivity index (χ0v) is 12.3. The maximum absolute atomic E-state index is 12.5. The predicted molar refractivity (Wildman–Crippen MR) is 74.5 cm³/mol. The van der Waals surface area contributed by atoms with Gasteiger partial charge in [-0.2, -0.15) is 0 Å². The molecule has 2 rings (SSSR count).